The summed E-state index contributed by atoms with van der Waals surface area (Å²) in [5, 5.41) is 4.10. The van der Waals surface area contributed by atoms with Crippen LogP contribution in [0.25, 0.3) is 10.9 Å². The van der Waals surface area contributed by atoms with Crippen LogP contribution in [-0.4, -0.2) is 50.3 Å². The molecule has 0 bridgehead atoms. The van der Waals surface area contributed by atoms with Gasteiger partial charge in [-0.1, -0.05) is 29.8 Å². The molecule has 3 rings (SSSR count). The number of fused-ring (bicyclic) bond motifs is 1. The van der Waals surface area contributed by atoms with Gasteiger partial charge in [-0.15, -0.1) is 0 Å². The average Bonchev–Trinajstić information content (AvgIpc) is 2.59. The second-order valence-corrected chi connectivity index (χ2v) is 6.10. The van der Waals surface area contributed by atoms with Gasteiger partial charge in [-0.05, 0) is 12.1 Å². The molecule has 1 aliphatic heterocycles. The number of carbonyl (C=O) groups is 1. The zero-order valence-electron chi connectivity index (χ0n) is 13.0. The van der Waals surface area contributed by atoms with Crippen molar-refractivity contribution in [3.63, 3.8) is 0 Å². The summed E-state index contributed by atoms with van der Waals surface area (Å²) in [6.07, 6.45) is 0.944. The van der Waals surface area contributed by atoms with Crippen molar-refractivity contribution in [1.29, 1.82) is 0 Å². The standard InChI is InChI=1S/C17H20ClN3O2/c18-16-14(12-13-4-1-2-5-15(13)20-16)17(22)19-6-3-7-21-8-10-23-11-9-21/h1-2,4-5,12H,3,6-11H2,(H,19,22)/p+1. The molecule has 1 aromatic carbocycles. The van der Waals surface area contributed by atoms with Crippen molar-refractivity contribution in [2.75, 3.05) is 39.4 Å². The lowest BCUT2D eigenvalue weighted by atomic mass is 10.1. The smallest absolute Gasteiger partial charge is 0.254 e. The van der Waals surface area contributed by atoms with Crippen LogP contribution >= 0.6 is 11.6 Å². The molecule has 122 valence electrons. The lowest BCUT2D eigenvalue weighted by molar-refractivity contribution is -0.908. The van der Waals surface area contributed by atoms with Crippen LogP contribution in [-0.2, 0) is 4.74 Å². The van der Waals surface area contributed by atoms with Crippen LogP contribution in [0.4, 0.5) is 0 Å². The van der Waals surface area contributed by atoms with Gasteiger partial charge in [-0.25, -0.2) is 4.98 Å². The minimum absolute atomic E-state index is 0.162. The van der Waals surface area contributed by atoms with E-state index in [1.807, 2.05) is 24.3 Å². The molecule has 0 atom stereocenters. The third-order valence-electron chi connectivity index (χ3n) is 4.11. The van der Waals surface area contributed by atoms with E-state index in [2.05, 4.69) is 10.3 Å². The first kappa shape index (κ1) is 16.2. The maximum Gasteiger partial charge on any atom is 0.254 e. The van der Waals surface area contributed by atoms with E-state index in [0.29, 0.717) is 12.1 Å². The van der Waals surface area contributed by atoms with Crippen LogP contribution in [0.3, 0.4) is 0 Å². The Hall–Kier alpha value is -1.69. The highest BCUT2D eigenvalue weighted by Crippen LogP contribution is 2.20. The Morgan fingerprint density at radius 1 is 1.30 bits per heavy atom. The molecule has 2 aromatic rings. The van der Waals surface area contributed by atoms with E-state index in [4.69, 9.17) is 16.3 Å². The molecule has 1 saturated heterocycles. The fourth-order valence-electron chi connectivity index (χ4n) is 2.80. The highest BCUT2D eigenvalue weighted by molar-refractivity contribution is 6.33. The number of nitrogens with zero attached hydrogens (tertiary/aromatic N) is 1. The van der Waals surface area contributed by atoms with Gasteiger partial charge in [0.15, 0.2) is 0 Å². The number of quaternary nitrogens is 1. The number of rotatable bonds is 5. The maximum atomic E-state index is 12.3. The van der Waals surface area contributed by atoms with Gasteiger partial charge in [-0.3, -0.25) is 4.79 Å². The summed E-state index contributed by atoms with van der Waals surface area (Å²) in [6.45, 7) is 5.46. The Bertz CT molecular complexity index is 687. The number of ether oxygens (including phenoxy) is 1. The molecule has 23 heavy (non-hydrogen) atoms. The number of amides is 1. The van der Waals surface area contributed by atoms with E-state index < -0.39 is 0 Å². The SMILES string of the molecule is O=C(NCCC[NH+]1CCOCC1)c1cc2ccccc2nc1Cl. The van der Waals surface area contributed by atoms with Crippen molar-refractivity contribution < 1.29 is 14.4 Å². The Labute approximate surface area is 140 Å². The summed E-state index contributed by atoms with van der Waals surface area (Å²) < 4.78 is 5.34. The van der Waals surface area contributed by atoms with Gasteiger partial charge in [0.05, 0.1) is 30.8 Å². The molecule has 1 fully saturated rings. The fraction of sp³-hybridized carbons (Fsp3) is 0.412. The maximum absolute atomic E-state index is 12.3. The van der Waals surface area contributed by atoms with Crippen LogP contribution in [0.5, 0.6) is 0 Å². The highest BCUT2D eigenvalue weighted by Gasteiger charge is 2.15. The monoisotopic (exact) mass is 334 g/mol. The van der Waals surface area contributed by atoms with Gasteiger partial charge < -0.3 is 15.0 Å². The molecule has 0 aliphatic carbocycles. The molecule has 0 unspecified atom stereocenters. The first-order valence-electron chi connectivity index (χ1n) is 7.99. The summed E-state index contributed by atoms with van der Waals surface area (Å²) in [4.78, 5) is 18.1. The molecule has 0 saturated carbocycles. The second kappa shape index (κ2) is 7.73. The Morgan fingerprint density at radius 3 is 2.91 bits per heavy atom. The molecule has 2 heterocycles. The van der Waals surface area contributed by atoms with Crippen molar-refractivity contribution in [2.24, 2.45) is 0 Å². The minimum Gasteiger partial charge on any atom is -0.370 e. The van der Waals surface area contributed by atoms with Crippen LogP contribution < -0.4 is 10.2 Å². The van der Waals surface area contributed by atoms with Crippen molar-refractivity contribution >= 4 is 28.4 Å². The van der Waals surface area contributed by atoms with Crippen LogP contribution in [0.15, 0.2) is 30.3 Å². The van der Waals surface area contributed by atoms with E-state index in [9.17, 15) is 4.79 Å². The number of hydrogen-bond acceptors (Lipinski definition) is 3. The number of hydrogen-bond donors (Lipinski definition) is 2. The van der Waals surface area contributed by atoms with Gasteiger partial charge in [0.1, 0.15) is 18.2 Å². The predicted octanol–water partition coefficient (Wildman–Crippen LogP) is 0.923. The predicted molar refractivity (Wildman–Crippen MR) is 90.1 cm³/mol. The topological polar surface area (TPSA) is 55.7 Å². The Kier molecular flexibility index (Phi) is 5.43. The normalized spacial score (nSPS) is 15.7. The van der Waals surface area contributed by atoms with Crippen LogP contribution in [0.2, 0.25) is 5.15 Å². The number of carbonyl (C=O) groups excluding carboxylic acids is 1. The Balaban J connectivity index is 1.54. The zero-order chi connectivity index (χ0) is 16.1. The highest BCUT2D eigenvalue weighted by atomic mass is 35.5. The van der Waals surface area contributed by atoms with Crippen molar-refractivity contribution in [2.45, 2.75) is 6.42 Å². The summed E-state index contributed by atoms with van der Waals surface area (Å²) in [7, 11) is 0. The second-order valence-electron chi connectivity index (χ2n) is 5.74. The van der Waals surface area contributed by atoms with Gasteiger partial charge >= 0.3 is 0 Å². The van der Waals surface area contributed by atoms with E-state index in [1.54, 1.807) is 6.07 Å². The zero-order valence-corrected chi connectivity index (χ0v) is 13.7. The quantitative estimate of drug-likeness (QED) is 0.631. The molecule has 5 nitrogen and oxygen atoms in total. The first-order chi connectivity index (χ1) is 11.2. The molecule has 2 N–H and O–H groups in total. The summed E-state index contributed by atoms with van der Waals surface area (Å²) in [5.41, 5.74) is 1.23. The largest absolute Gasteiger partial charge is 0.370 e. The summed E-state index contributed by atoms with van der Waals surface area (Å²) in [5.74, 6) is -0.162. The molecular formula is C17H21ClN3O2+. The number of morpholine rings is 1. The number of nitrogens with one attached hydrogen (secondary N) is 2. The van der Waals surface area contributed by atoms with Crippen molar-refractivity contribution in [1.82, 2.24) is 10.3 Å². The number of aromatic nitrogens is 1. The van der Waals surface area contributed by atoms with E-state index >= 15 is 0 Å². The van der Waals surface area contributed by atoms with Gasteiger partial charge in [0.25, 0.3) is 5.91 Å². The first-order valence-corrected chi connectivity index (χ1v) is 8.36. The fourth-order valence-corrected chi connectivity index (χ4v) is 3.03. The van der Waals surface area contributed by atoms with Gasteiger partial charge in [0, 0.05) is 18.4 Å². The van der Waals surface area contributed by atoms with Crippen LogP contribution in [0.1, 0.15) is 16.8 Å². The third kappa shape index (κ3) is 4.19. The van der Waals surface area contributed by atoms with Crippen molar-refractivity contribution in [3.8, 4) is 0 Å². The van der Waals surface area contributed by atoms with E-state index in [1.165, 1.54) is 4.90 Å². The molecule has 1 amide bonds. The summed E-state index contributed by atoms with van der Waals surface area (Å²) >= 11 is 6.14. The third-order valence-corrected chi connectivity index (χ3v) is 4.40. The molecule has 0 radical (unpaired) electrons. The van der Waals surface area contributed by atoms with Gasteiger partial charge in [0.2, 0.25) is 0 Å². The lowest BCUT2D eigenvalue weighted by Crippen LogP contribution is -3.14. The van der Waals surface area contributed by atoms with Crippen molar-refractivity contribution in [3.05, 3.63) is 41.0 Å². The summed E-state index contributed by atoms with van der Waals surface area (Å²) in [6, 6.07) is 9.43. The molecule has 0 spiro atoms. The van der Waals surface area contributed by atoms with E-state index in [0.717, 1.165) is 50.2 Å². The number of benzene rings is 1. The average molecular weight is 335 g/mol. The number of pyridine rings is 1. The van der Waals surface area contributed by atoms with Crippen LogP contribution in [0, 0.1) is 0 Å². The molecule has 1 aromatic heterocycles. The van der Waals surface area contributed by atoms with E-state index in [-0.39, 0.29) is 11.1 Å². The molecular weight excluding hydrogens is 314 g/mol. The number of para-hydroxylation sites is 1. The Morgan fingerprint density at radius 2 is 2.09 bits per heavy atom. The lowest BCUT2D eigenvalue weighted by Gasteiger charge is -2.23. The molecule has 6 heteroatoms. The minimum atomic E-state index is -0.162. The molecule has 1 aliphatic rings. The number of halogens is 1. The van der Waals surface area contributed by atoms with Gasteiger partial charge in [-0.2, -0.15) is 0 Å².